The van der Waals surface area contributed by atoms with E-state index in [2.05, 4.69) is 10.3 Å². The van der Waals surface area contributed by atoms with Gasteiger partial charge in [-0.1, -0.05) is 11.6 Å². The quantitative estimate of drug-likeness (QED) is 0.661. The molecule has 3 N–H and O–H groups in total. The number of pyridine rings is 1. The van der Waals surface area contributed by atoms with E-state index in [1.807, 2.05) is 0 Å². The second-order valence-electron chi connectivity index (χ2n) is 4.14. The molecule has 7 heteroatoms. The third-order valence-corrected chi connectivity index (χ3v) is 2.98. The van der Waals surface area contributed by atoms with Gasteiger partial charge in [-0.15, -0.1) is 0 Å². The van der Waals surface area contributed by atoms with E-state index in [1.54, 1.807) is 13.0 Å². The molecule has 0 saturated carbocycles. The van der Waals surface area contributed by atoms with Crippen LogP contribution < -0.4 is 11.1 Å². The number of nitrogens with one attached hydrogen (secondary N) is 1. The fraction of sp³-hybridized carbons (Fsp3) is 0.0769. The van der Waals surface area contributed by atoms with Crippen molar-refractivity contribution in [3.8, 4) is 0 Å². The van der Waals surface area contributed by atoms with Gasteiger partial charge in [0.15, 0.2) is 5.82 Å². The van der Waals surface area contributed by atoms with Crippen LogP contribution in [0.1, 0.15) is 15.9 Å². The van der Waals surface area contributed by atoms with Crippen LogP contribution in [0.4, 0.5) is 20.2 Å². The standard InChI is InChI=1S/C13H10ClF2N3O/c1-6-2-8(5-18-12(6)14)19-13(20)9-3-7(15)4-10(17)11(9)16/h2-5H,17H2,1H3,(H,19,20). The number of nitrogens with two attached hydrogens (primary N) is 1. The molecule has 1 heterocycles. The number of halogens is 3. The Morgan fingerprint density at radius 1 is 1.35 bits per heavy atom. The van der Waals surface area contributed by atoms with Gasteiger partial charge in [-0.25, -0.2) is 13.8 Å². The Balaban J connectivity index is 2.30. The minimum Gasteiger partial charge on any atom is -0.396 e. The molecule has 2 rings (SSSR count). The van der Waals surface area contributed by atoms with Gasteiger partial charge in [-0.3, -0.25) is 4.79 Å². The van der Waals surface area contributed by atoms with Gasteiger partial charge in [-0.05, 0) is 30.7 Å². The Bertz CT molecular complexity index is 692. The van der Waals surface area contributed by atoms with Crippen LogP contribution >= 0.6 is 11.6 Å². The molecular formula is C13H10ClF2N3O. The molecule has 1 amide bonds. The molecule has 1 aromatic heterocycles. The second-order valence-corrected chi connectivity index (χ2v) is 4.50. The summed E-state index contributed by atoms with van der Waals surface area (Å²) in [5.74, 6) is -2.58. The minimum atomic E-state index is -0.970. The Kier molecular flexibility index (Phi) is 3.85. The Hall–Kier alpha value is -2.21. The number of amides is 1. The van der Waals surface area contributed by atoms with E-state index in [-0.39, 0.29) is 0 Å². The lowest BCUT2D eigenvalue weighted by molar-refractivity contribution is 0.102. The van der Waals surface area contributed by atoms with Crippen LogP contribution in [0, 0.1) is 18.6 Å². The Labute approximate surface area is 118 Å². The van der Waals surface area contributed by atoms with Crippen molar-refractivity contribution < 1.29 is 13.6 Å². The normalized spacial score (nSPS) is 10.4. The minimum absolute atomic E-state index is 0.296. The number of benzene rings is 1. The number of nitrogens with zero attached hydrogens (tertiary/aromatic N) is 1. The van der Waals surface area contributed by atoms with E-state index < -0.39 is 28.8 Å². The van der Waals surface area contributed by atoms with Gasteiger partial charge in [-0.2, -0.15) is 0 Å². The van der Waals surface area contributed by atoms with Crippen LogP contribution in [0.5, 0.6) is 0 Å². The van der Waals surface area contributed by atoms with E-state index in [0.29, 0.717) is 16.4 Å². The Morgan fingerprint density at radius 3 is 2.70 bits per heavy atom. The summed E-state index contributed by atoms with van der Waals surface area (Å²) in [4.78, 5) is 15.7. The zero-order valence-corrected chi connectivity index (χ0v) is 11.1. The molecule has 104 valence electrons. The third kappa shape index (κ3) is 2.85. The summed E-state index contributed by atoms with van der Waals surface area (Å²) in [6.45, 7) is 1.70. The molecule has 2 aromatic rings. The number of hydrogen-bond donors (Lipinski definition) is 2. The first-order valence-corrected chi connectivity index (χ1v) is 5.94. The van der Waals surface area contributed by atoms with Gasteiger partial charge >= 0.3 is 0 Å². The maximum atomic E-state index is 13.7. The van der Waals surface area contributed by atoms with Crippen molar-refractivity contribution in [1.29, 1.82) is 0 Å². The van der Waals surface area contributed by atoms with Crippen molar-refractivity contribution >= 4 is 28.9 Å². The van der Waals surface area contributed by atoms with E-state index in [4.69, 9.17) is 17.3 Å². The third-order valence-electron chi connectivity index (χ3n) is 2.58. The molecule has 0 bridgehead atoms. The zero-order chi connectivity index (χ0) is 14.9. The maximum Gasteiger partial charge on any atom is 0.258 e. The SMILES string of the molecule is Cc1cc(NC(=O)c2cc(F)cc(N)c2F)cnc1Cl. The smallest absolute Gasteiger partial charge is 0.258 e. The average molecular weight is 298 g/mol. The topological polar surface area (TPSA) is 68.0 Å². The summed E-state index contributed by atoms with van der Waals surface area (Å²) < 4.78 is 26.9. The molecule has 0 aliphatic heterocycles. The molecule has 0 fully saturated rings. The fourth-order valence-corrected chi connectivity index (χ4v) is 1.70. The summed E-state index contributed by atoms with van der Waals surface area (Å²) in [6.07, 6.45) is 1.31. The summed E-state index contributed by atoms with van der Waals surface area (Å²) in [7, 11) is 0. The molecular weight excluding hydrogens is 288 g/mol. The van der Waals surface area contributed by atoms with Crippen molar-refractivity contribution in [3.05, 3.63) is 52.3 Å². The van der Waals surface area contributed by atoms with E-state index in [1.165, 1.54) is 6.20 Å². The van der Waals surface area contributed by atoms with Gasteiger partial charge < -0.3 is 11.1 Å². The predicted octanol–water partition coefficient (Wildman–Crippen LogP) is 3.16. The average Bonchev–Trinajstić information content (AvgIpc) is 2.38. The zero-order valence-electron chi connectivity index (χ0n) is 10.4. The number of rotatable bonds is 2. The predicted molar refractivity (Wildman–Crippen MR) is 72.7 cm³/mol. The molecule has 0 atom stereocenters. The first-order chi connectivity index (χ1) is 9.38. The van der Waals surface area contributed by atoms with Crippen molar-refractivity contribution in [1.82, 2.24) is 4.98 Å². The van der Waals surface area contributed by atoms with Crippen LogP contribution in [-0.4, -0.2) is 10.9 Å². The van der Waals surface area contributed by atoms with Gasteiger partial charge in [0.05, 0.1) is 23.1 Å². The lowest BCUT2D eigenvalue weighted by atomic mass is 10.1. The number of aromatic nitrogens is 1. The van der Waals surface area contributed by atoms with Crippen molar-refractivity contribution in [2.45, 2.75) is 6.92 Å². The first-order valence-electron chi connectivity index (χ1n) is 5.56. The van der Waals surface area contributed by atoms with E-state index in [9.17, 15) is 13.6 Å². The molecule has 0 unspecified atom stereocenters. The van der Waals surface area contributed by atoms with E-state index in [0.717, 1.165) is 12.1 Å². The molecule has 0 spiro atoms. The van der Waals surface area contributed by atoms with Gasteiger partial charge in [0.25, 0.3) is 5.91 Å². The highest BCUT2D eigenvalue weighted by molar-refractivity contribution is 6.30. The number of anilines is 2. The molecule has 4 nitrogen and oxygen atoms in total. The largest absolute Gasteiger partial charge is 0.396 e. The monoisotopic (exact) mass is 297 g/mol. The lowest BCUT2D eigenvalue weighted by Crippen LogP contribution is -2.15. The highest BCUT2D eigenvalue weighted by Crippen LogP contribution is 2.20. The summed E-state index contributed by atoms with van der Waals surface area (Å²) in [5.41, 5.74) is 5.33. The van der Waals surface area contributed by atoms with Gasteiger partial charge in [0, 0.05) is 0 Å². The number of carbonyl (C=O) groups is 1. The molecule has 0 saturated heterocycles. The van der Waals surface area contributed by atoms with Crippen molar-refractivity contribution in [2.75, 3.05) is 11.1 Å². The molecule has 0 aliphatic carbocycles. The Morgan fingerprint density at radius 2 is 2.05 bits per heavy atom. The molecule has 0 radical (unpaired) electrons. The fourth-order valence-electron chi connectivity index (χ4n) is 1.60. The summed E-state index contributed by atoms with van der Waals surface area (Å²) >= 11 is 5.75. The summed E-state index contributed by atoms with van der Waals surface area (Å²) in [6, 6.07) is 3.14. The van der Waals surface area contributed by atoms with Crippen molar-refractivity contribution in [3.63, 3.8) is 0 Å². The number of hydrogen-bond acceptors (Lipinski definition) is 3. The van der Waals surface area contributed by atoms with E-state index >= 15 is 0 Å². The highest BCUT2D eigenvalue weighted by atomic mass is 35.5. The first kappa shape index (κ1) is 14.2. The van der Waals surface area contributed by atoms with Crippen LogP contribution in [0.25, 0.3) is 0 Å². The number of aryl methyl sites for hydroxylation is 1. The van der Waals surface area contributed by atoms with Gasteiger partial charge in [0.1, 0.15) is 11.0 Å². The highest BCUT2D eigenvalue weighted by Gasteiger charge is 2.16. The maximum absolute atomic E-state index is 13.7. The number of nitrogen functional groups attached to an aromatic ring is 1. The van der Waals surface area contributed by atoms with Crippen LogP contribution in [0.2, 0.25) is 5.15 Å². The second kappa shape index (κ2) is 5.42. The van der Waals surface area contributed by atoms with Crippen molar-refractivity contribution in [2.24, 2.45) is 0 Å². The molecule has 20 heavy (non-hydrogen) atoms. The molecule has 0 aliphatic rings. The van der Waals surface area contributed by atoms with Gasteiger partial charge in [0.2, 0.25) is 0 Å². The van der Waals surface area contributed by atoms with Crippen LogP contribution in [0.15, 0.2) is 24.4 Å². The lowest BCUT2D eigenvalue weighted by Gasteiger charge is -2.08. The molecule has 1 aromatic carbocycles. The van der Waals surface area contributed by atoms with Crippen LogP contribution in [-0.2, 0) is 0 Å². The summed E-state index contributed by atoms with van der Waals surface area (Å²) in [5, 5.41) is 2.69. The number of carbonyl (C=O) groups excluding carboxylic acids is 1. The van der Waals surface area contributed by atoms with Crippen LogP contribution in [0.3, 0.4) is 0 Å².